The molecule has 1 fully saturated rings. The summed E-state index contributed by atoms with van der Waals surface area (Å²) in [5, 5.41) is 2.49. The zero-order valence-electron chi connectivity index (χ0n) is 8.06. The second-order valence-electron chi connectivity index (χ2n) is 3.35. The first-order chi connectivity index (χ1) is 7.16. The highest BCUT2D eigenvalue weighted by Gasteiger charge is 2.23. The van der Waals surface area contributed by atoms with E-state index < -0.39 is 0 Å². The lowest BCUT2D eigenvalue weighted by atomic mass is 10.2. The lowest BCUT2D eigenvalue weighted by molar-refractivity contribution is -0.128. The maximum absolute atomic E-state index is 11.5. The number of hydrogen-bond donors (Lipinski definition) is 2. The molecule has 0 bridgehead atoms. The fourth-order valence-corrected chi connectivity index (χ4v) is 1.45. The molecule has 5 nitrogen and oxygen atoms in total. The van der Waals surface area contributed by atoms with Gasteiger partial charge < -0.3 is 16.0 Å². The van der Waals surface area contributed by atoms with Crippen molar-refractivity contribution < 1.29 is 9.59 Å². The molecule has 1 aliphatic heterocycles. The zero-order valence-corrected chi connectivity index (χ0v) is 8.06. The van der Waals surface area contributed by atoms with Crippen molar-refractivity contribution in [1.29, 1.82) is 0 Å². The summed E-state index contributed by atoms with van der Waals surface area (Å²) in [6.45, 7) is 0.131. The molecule has 5 heteroatoms. The predicted molar refractivity (Wildman–Crippen MR) is 56.2 cm³/mol. The van der Waals surface area contributed by atoms with E-state index in [1.54, 1.807) is 24.3 Å². The van der Waals surface area contributed by atoms with Crippen molar-refractivity contribution >= 4 is 23.2 Å². The maximum atomic E-state index is 11.5. The second-order valence-corrected chi connectivity index (χ2v) is 3.35. The SMILES string of the molecule is Nc1ccc(N2CC(=O)NCC2=O)cc1. The van der Waals surface area contributed by atoms with Crippen molar-refractivity contribution in [3.05, 3.63) is 24.3 Å². The fraction of sp³-hybridized carbons (Fsp3) is 0.200. The van der Waals surface area contributed by atoms with Crippen LogP contribution in [0.15, 0.2) is 24.3 Å². The van der Waals surface area contributed by atoms with Gasteiger partial charge in [-0.15, -0.1) is 0 Å². The first-order valence-electron chi connectivity index (χ1n) is 4.59. The summed E-state index contributed by atoms with van der Waals surface area (Å²) in [6.07, 6.45) is 0. The molecule has 0 aliphatic carbocycles. The Labute approximate surface area is 86.9 Å². The van der Waals surface area contributed by atoms with Gasteiger partial charge in [-0.05, 0) is 24.3 Å². The number of amides is 2. The van der Waals surface area contributed by atoms with Gasteiger partial charge in [-0.1, -0.05) is 0 Å². The third kappa shape index (κ3) is 1.90. The number of nitrogens with one attached hydrogen (secondary N) is 1. The molecule has 0 unspecified atom stereocenters. The molecular formula is C10H11N3O2. The molecule has 1 heterocycles. The number of carbonyl (C=O) groups excluding carboxylic acids is 2. The quantitative estimate of drug-likeness (QED) is 0.620. The van der Waals surface area contributed by atoms with Crippen LogP contribution in [0.1, 0.15) is 0 Å². The van der Waals surface area contributed by atoms with Gasteiger partial charge in [0.05, 0.1) is 6.54 Å². The molecule has 1 aromatic carbocycles. The Morgan fingerprint density at radius 2 is 1.87 bits per heavy atom. The lowest BCUT2D eigenvalue weighted by Crippen LogP contribution is -2.51. The number of piperazine rings is 1. The number of nitrogen functional groups attached to an aromatic ring is 1. The van der Waals surface area contributed by atoms with E-state index in [1.807, 2.05) is 0 Å². The molecule has 0 radical (unpaired) electrons. The second kappa shape index (κ2) is 3.61. The van der Waals surface area contributed by atoms with Crippen LogP contribution in [0.25, 0.3) is 0 Å². The monoisotopic (exact) mass is 205 g/mol. The Kier molecular flexibility index (Phi) is 2.29. The van der Waals surface area contributed by atoms with Crippen LogP contribution < -0.4 is 16.0 Å². The van der Waals surface area contributed by atoms with Gasteiger partial charge in [-0.25, -0.2) is 0 Å². The number of carbonyl (C=O) groups is 2. The molecule has 0 spiro atoms. The summed E-state index contributed by atoms with van der Waals surface area (Å²) < 4.78 is 0. The average molecular weight is 205 g/mol. The van der Waals surface area contributed by atoms with Crippen LogP contribution in [-0.4, -0.2) is 24.9 Å². The number of anilines is 2. The zero-order chi connectivity index (χ0) is 10.8. The standard InChI is InChI=1S/C10H11N3O2/c11-7-1-3-8(4-2-7)13-6-9(14)12-5-10(13)15/h1-4H,5-6,11H2,(H,12,14). The normalized spacial score (nSPS) is 16.4. The van der Waals surface area contributed by atoms with Gasteiger partial charge in [0.25, 0.3) is 0 Å². The molecule has 3 N–H and O–H groups in total. The molecule has 0 aromatic heterocycles. The van der Waals surface area contributed by atoms with Crippen LogP contribution in [0.3, 0.4) is 0 Å². The highest BCUT2D eigenvalue weighted by atomic mass is 16.2. The van der Waals surface area contributed by atoms with E-state index in [0.29, 0.717) is 11.4 Å². The number of rotatable bonds is 1. The largest absolute Gasteiger partial charge is 0.399 e. The smallest absolute Gasteiger partial charge is 0.246 e. The van der Waals surface area contributed by atoms with Crippen LogP contribution in [-0.2, 0) is 9.59 Å². The molecule has 0 saturated carbocycles. The van der Waals surface area contributed by atoms with E-state index in [4.69, 9.17) is 5.73 Å². The van der Waals surface area contributed by atoms with E-state index >= 15 is 0 Å². The summed E-state index contributed by atoms with van der Waals surface area (Å²) in [6, 6.07) is 6.86. The predicted octanol–water partition coefficient (Wildman–Crippen LogP) is -0.268. The fourth-order valence-electron chi connectivity index (χ4n) is 1.45. The van der Waals surface area contributed by atoms with Gasteiger partial charge in [-0.3, -0.25) is 9.59 Å². The molecule has 1 aromatic rings. The number of nitrogens with zero attached hydrogens (tertiary/aromatic N) is 1. The van der Waals surface area contributed by atoms with Crippen molar-refractivity contribution in [2.45, 2.75) is 0 Å². The first kappa shape index (κ1) is 9.51. The minimum atomic E-state index is -0.147. The molecule has 1 aliphatic rings. The van der Waals surface area contributed by atoms with E-state index in [-0.39, 0.29) is 24.9 Å². The Balaban J connectivity index is 2.25. The first-order valence-corrected chi connectivity index (χ1v) is 4.59. The summed E-state index contributed by atoms with van der Waals surface area (Å²) in [7, 11) is 0. The highest BCUT2D eigenvalue weighted by Crippen LogP contribution is 2.17. The van der Waals surface area contributed by atoms with Gasteiger partial charge in [-0.2, -0.15) is 0 Å². The van der Waals surface area contributed by atoms with Crippen LogP contribution in [0.2, 0.25) is 0 Å². The minimum absolute atomic E-state index is 0.0587. The average Bonchev–Trinajstić information content (AvgIpc) is 2.23. The van der Waals surface area contributed by atoms with Crippen LogP contribution in [0.4, 0.5) is 11.4 Å². The lowest BCUT2D eigenvalue weighted by Gasteiger charge is -2.26. The van der Waals surface area contributed by atoms with Gasteiger partial charge in [0.15, 0.2) is 0 Å². The van der Waals surface area contributed by atoms with Crippen molar-refractivity contribution in [1.82, 2.24) is 5.32 Å². The third-order valence-electron chi connectivity index (χ3n) is 2.24. The molecule has 15 heavy (non-hydrogen) atoms. The Bertz CT molecular complexity index is 400. The maximum Gasteiger partial charge on any atom is 0.246 e. The van der Waals surface area contributed by atoms with Crippen LogP contribution in [0.5, 0.6) is 0 Å². The van der Waals surface area contributed by atoms with E-state index in [9.17, 15) is 9.59 Å². The van der Waals surface area contributed by atoms with Crippen LogP contribution >= 0.6 is 0 Å². The van der Waals surface area contributed by atoms with E-state index in [2.05, 4.69) is 5.32 Å². The number of benzene rings is 1. The topological polar surface area (TPSA) is 75.4 Å². The number of hydrogen-bond acceptors (Lipinski definition) is 3. The van der Waals surface area contributed by atoms with Gasteiger partial charge >= 0.3 is 0 Å². The Hall–Kier alpha value is -2.04. The summed E-state index contributed by atoms with van der Waals surface area (Å²) in [4.78, 5) is 24.1. The van der Waals surface area contributed by atoms with Gasteiger partial charge in [0.2, 0.25) is 11.8 Å². The van der Waals surface area contributed by atoms with Gasteiger partial charge in [0.1, 0.15) is 6.54 Å². The summed E-state index contributed by atoms with van der Waals surface area (Å²) in [5.74, 6) is -0.259. The highest BCUT2D eigenvalue weighted by molar-refractivity contribution is 6.04. The molecule has 0 atom stereocenters. The summed E-state index contributed by atoms with van der Waals surface area (Å²) >= 11 is 0. The molecule has 2 rings (SSSR count). The van der Waals surface area contributed by atoms with Gasteiger partial charge in [0, 0.05) is 11.4 Å². The van der Waals surface area contributed by atoms with Crippen molar-refractivity contribution in [2.24, 2.45) is 0 Å². The Morgan fingerprint density at radius 3 is 2.53 bits per heavy atom. The Morgan fingerprint density at radius 1 is 1.20 bits per heavy atom. The van der Waals surface area contributed by atoms with Crippen LogP contribution in [0, 0.1) is 0 Å². The minimum Gasteiger partial charge on any atom is -0.399 e. The van der Waals surface area contributed by atoms with Crippen molar-refractivity contribution in [2.75, 3.05) is 23.7 Å². The molecule has 2 amide bonds. The molecule has 78 valence electrons. The third-order valence-corrected chi connectivity index (χ3v) is 2.24. The molecule has 1 saturated heterocycles. The number of nitrogens with two attached hydrogens (primary N) is 1. The van der Waals surface area contributed by atoms with E-state index in [0.717, 1.165) is 0 Å². The molecular weight excluding hydrogens is 194 g/mol. The van der Waals surface area contributed by atoms with Crippen molar-refractivity contribution in [3.63, 3.8) is 0 Å². The van der Waals surface area contributed by atoms with Crippen molar-refractivity contribution in [3.8, 4) is 0 Å². The summed E-state index contributed by atoms with van der Waals surface area (Å²) in [5.41, 5.74) is 6.87. The van der Waals surface area contributed by atoms with E-state index in [1.165, 1.54) is 4.90 Å².